The predicted molar refractivity (Wildman–Crippen MR) is 87.9 cm³/mol. The molecule has 2 amide bonds. The van der Waals surface area contributed by atoms with Gasteiger partial charge in [0.05, 0.1) is 12.6 Å². The van der Waals surface area contributed by atoms with Crippen molar-refractivity contribution < 1.29 is 9.90 Å². The molecule has 0 aliphatic carbocycles. The first-order valence-corrected chi connectivity index (χ1v) is 8.23. The molecule has 0 spiro atoms. The molecule has 3 rings (SSSR count). The largest absolute Gasteiger partial charge is 0.395 e. The molecular formula is C17H18N2O2S. The summed E-state index contributed by atoms with van der Waals surface area (Å²) in [5.74, 6) is 0.892. The van der Waals surface area contributed by atoms with Crippen molar-refractivity contribution >= 4 is 17.8 Å². The molecule has 3 N–H and O–H groups in total. The molecule has 2 aromatic carbocycles. The zero-order valence-electron chi connectivity index (χ0n) is 12.1. The third-order valence-corrected chi connectivity index (χ3v) is 4.79. The molecule has 0 unspecified atom stereocenters. The van der Waals surface area contributed by atoms with Crippen LogP contribution in [0.25, 0.3) is 0 Å². The van der Waals surface area contributed by atoms with Gasteiger partial charge in [-0.05, 0) is 22.8 Å². The fourth-order valence-electron chi connectivity index (χ4n) is 2.63. The Hall–Kier alpha value is -1.98. The van der Waals surface area contributed by atoms with Gasteiger partial charge in [-0.25, -0.2) is 4.79 Å². The van der Waals surface area contributed by atoms with Gasteiger partial charge in [0.25, 0.3) is 0 Å². The SMILES string of the molecule is O=C(NCCO)N[C@H]1c2ccccc2CSc2ccccc21. The highest BCUT2D eigenvalue weighted by Gasteiger charge is 2.24. The lowest BCUT2D eigenvalue weighted by Crippen LogP contribution is -2.39. The second-order valence-electron chi connectivity index (χ2n) is 5.08. The minimum atomic E-state index is -0.268. The molecule has 0 saturated heterocycles. The number of aliphatic hydroxyl groups excluding tert-OH is 1. The van der Waals surface area contributed by atoms with Crippen LogP contribution < -0.4 is 10.6 Å². The highest BCUT2D eigenvalue weighted by Crippen LogP contribution is 2.39. The van der Waals surface area contributed by atoms with Gasteiger partial charge >= 0.3 is 6.03 Å². The molecule has 1 atom stereocenters. The number of carbonyl (C=O) groups is 1. The van der Waals surface area contributed by atoms with Gasteiger partial charge in [-0.3, -0.25) is 0 Å². The molecule has 0 saturated carbocycles. The van der Waals surface area contributed by atoms with Crippen molar-refractivity contribution in [3.63, 3.8) is 0 Å². The number of amides is 2. The molecule has 0 aromatic heterocycles. The van der Waals surface area contributed by atoms with Crippen LogP contribution in [0.4, 0.5) is 4.79 Å². The molecule has 1 aliphatic heterocycles. The van der Waals surface area contributed by atoms with E-state index in [1.807, 2.05) is 24.3 Å². The summed E-state index contributed by atoms with van der Waals surface area (Å²) in [7, 11) is 0. The Labute approximate surface area is 133 Å². The molecule has 4 nitrogen and oxygen atoms in total. The molecule has 114 valence electrons. The standard InChI is InChI=1S/C17H18N2O2S/c20-10-9-18-17(21)19-16-13-6-2-1-5-12(13)11-22-15-8-4-3-7-14(15)16/h1-8,16,20H,9-11H2,(H2,18,19,21)/t16-/m0/s1. The lowest BCUT2D eigenvalue weighted by Gasteiger charge is -2.21. The second-order valence-corrected chi connectivity index (χ2v) is 6.10. The molecule has 0 bridgehead atoms. The average Bonchev–Trinajstić information content (AvgIpc) is 2.71. The minimum absolute atomic E-state index is 0.0683. The monoisotopic (exact) mass is 314 g/mol. The Morgan fingerprint density at radius 3 is 2.68 bits per heavy atom. The van der Waals surface area contributed by atoms with E-state index in [0.717, 1.165) is 16.9 Å². The number of fused-ring (bicyclic) bond motifs is 2. The number of carbonyl (C=O) groups excluding carboxylic acids is 1. The molecule has 5 heteroatoms. The zero-order chi connectivity index (χ0) is 15.4. The molecule has 22 heavy (non-hydrogen) atoms. The lowest BCUT2D eigenvalue weighted by atomic mass is 9.95. The van der Waals surface area contributed by atoms with Crippen LogP contribution in [0, 0.1) is 0 Å². The van der Waals surface area contributed by atoms with E-state index in [9.17, 15) is 4.79 Å². The average molecular weight is 314 g/mol. The Morgan fingerprint density at radius 2 is 1.86 bits per heavy atom. The number of nitrogens with one attached hydrogen (secondary N) is 2. The van der Waals surface area contributed by atoms with Crippen LogP contribution >= 0.6 is 11.8 Å². The number of benzene rings is 2. The minimum Gasteiger partial charge on any atom is -0.395 e. The highest BCUT2D eigenvalue weighted by molar-refractivity contribution is 7.98. The molecule has 0 fully saturated rings. The van der Waals surface area contributed by atoms with E-state index in [1.165, 1.54) is 10.5 Å². The predicted octanol–water partition coefficient (Wildman–Crippen LogP) is 2.67. The van der Waals surface area contributed by atoms with Crippen LogP contribution in [-0.4, -0.2) is 24.3 Å². The normalized spacial score (nSPS) is 16.1. The first-order chi connectivity index (χ1) is 10.8. The van der Waals surface area contributed by atoms with Gasteiger partial charge in [-0.1, -0.05) is 42.5 Å². The van der Waals surface area contributed by atoms with Crippen LogP contribution in [0.2, 0.25) is 0 Å². The Bertz CT molecular complexity index is 628. The zero-order valence-corrected chi connectivity index (χ0v) is 12.9. The Morgan fingerprint density at radius 1 is 1.14 bits per heavy atom. The van der Waals surface area contributed by atoms with Gasteiger partial charge in [0, 0.05) is 17.2 Å². The van der Waals surface area contributed by atoms with E-state index < -0.39 is 0 Å². The van der Waals surface area contributed by atoms with Crippen molar-refractivity contribution in [3.05, 3.63) is 65.2 Å². The van der Waals surface area contributed by atoms with E-state index in [2.05, 4.69) is 34.9 Å². The second kappa shape index (κ2) is 6.85. The topological polar surface area (TPSA) is 61.4 Å². The van der Waals surface area contributed by atoms with Crippen molar-refractivity contribution in [2.24, 2.45) is 0 Å². The molecule has 1 aliphatic rings. The summed E-state index contributed by atoms with van der Waals surface area (Å²) < 4.78 is 0. The summed E-state index contributed by atoms with van der Waals surface area (Å²) in [5.41, 5.74) is 3.46. The van der Waals surface area contributed by atoms with E-state index in [0.29, 0.717) is 0 Å². The van der Waals surface area contributed by atoms with Crippen LogP contribution in [0.15, 0.2) is 53.4 Å². The maximum Gasteiger partial charge on any atom is 0.315 e. The smallest absolute Gasteiger partial charge is 0.315 e. The number of aliphatic hydroxyl groups is 1. The van der Waals surface area contributed by atoms with Gasteiger partial charge < -0.3 is 15.7 Å². The molecule has 2 aromatic rings. The number of urea groups is 1. The van der Waals surface area contributed by atoms with E-state index >= 15 is 0 Å². The molecular weight excluding hydrogens is 296 g/mol. The van der Waals surface area contributed by atoms with E-state index in [1.54, 1.807) is 11.8 Å². The summed E-state index contributed by atoms with van der Waals surface area (Å²) >= 11 is 1.79. The number of hydrogen-bond acceptors (Lipinski definition) is 3. The van der Waals surface area contributed by atoms with Gasteiger partial charge in [0.15, 0.2) is 0 Å². The first-order valence-electron chi connectivity index (χ1n) is 7.24. The van der Waals surface area contributed by atoms with Crippen molar-refractivity contribution in [1.82, 2.24) is 10.6 Å². The quantitative estimate of drug-likeness (QED) is 0.816. The summed E-state index contributed by atoms with van der Waals surface area (Å²) in [6.07, 6.45) is 0. The van der Waals surface area contributed by atoms with Crippen molar-refractivity contribution in [2.75, 3.05) is 13.2 Å². The van der Waals surface area contributed by atoms with E-state index in [4.69, 9.17) is 5.11 Å². The van der Waals surface area contributed by atoms with Gasteiger partial charge in [0.2, 0.25) is 0 Å². The fourth-order valence-corrected chi connectivity index (χ4v) is 3.73. The maximum atomic E-state index is 12.1. The maximum absolute atomic E-state index is 12.1. The highest BCUT2D eigenvalue weighted by atomic mass is 32.2. The summed E-state index contributed by atoms with van der Waals surface area (Å²) in [4.78, 5) is 13.2. The van der Waals surface area contributed by atoms with Crippen LogP contribution in [0.5, 0.6) is 0 Å². The van der Waals surface area contributed by atoms with Gasteiger partial charge in [0.1, 0.15) is 0 Å². The van der Waals surface area contributed by atoms with Crippen molar-refractivity contribution in [1.29, 1.82) is 0 Å². The number of hydrogen-bond donors (Lipinski definition) is 3. The van der Waals surface area contributed by atoms with E-state index in [-0.39, 0.29) is 25.2 Å². The third kappa shape index (κ3) is 3.10. The Balaban J connectivity index is 1.97. The van der Waals surface area contributed by atoms with Crippen molar-refractivity contribution in [3.8, 4) is 0 Å². The van der Waals surface area contributed by atoms with Crippen LogP contribution in [0.3, 0.4) is 0 Å². The molecule has 0 radical (unpaired) electrons. The van der Waals surface area contributed by atoms with Crippen LogP contribution in [-0.2, 0) is 5.75 Å². The Kier molecular flexibility index (Phi) is 4.65. The summed E-state index contributed by atoms with van der Waals surface area (Å²) in [6, 6.07) is 15.9. The molecule has 1 heterocycles. The fraction of sp³-hybridized carbons (Fsp3) is 0.235. The number of thioether (sulfide) groups is 1. The van der Waals surface area contributed by atoms with Crippen LogP contribution in [0.1, 0.15) is 22.7 Å². The summed E-state index contributed by atoms with van der Waals surface area (Å²) in [6.45, 7) is 0.178. The third-order valence-electron chi connectivity index (χ3n) is 3.65. The van der Waals surface area contributed by atoms with Crippen molar-refractivity contribution in [2.45, 2.75) is 16.7 Å². The summed E-state index contributed by atoms with van der Waals surface area (Å²) in [5, 5.41) is 14.5. The number of rotatable bonds is 3. The van der Waals surface area contributed by atoms with Gasteiger partial charge in [-0.15, -0.1) is 11.8 Å². The van der Waals surface area contributed by atoms with Gasteiger partial charge in [-0.2, -0.15) is 0 Å². The lowest BCUT2D eigenvalue weighted by molar-refractivity contribution is 0.232. The first kappa shape index (κ1) is 14.9.